The lowest BCUT2D eigenvalue weighted by Gasteiger charge is -2.27. The van der Waals surface area contributed by atoms with E-state index < -0.39 is 6.04 Å². The molecule has 3 aromatic carbocycles. The van der Waals surface area contributed by atoms with Gasteiger partial charge in [-0.25, -0.2) is 0 Å². The molecule has 0 unspecified atom stereocenters. The number of nitrogens with one attached hydrogen (secondary N) is 1. The fourth-order valence-corrected chi connectivity index (χ4v) is 3.91. The Kier molecular flexibility index (Phi) is 6.01. The van der Waals surface area contributed by atoms with Crippen LogP contribution in [0.5, 0.6) is 23.0 Å². The van der Waals surface area contributed by atoms with E-state index in [-0.39, 0.29) is 25.4 Å². The lowest BCUT2D eigenvalue weighted by Crippen LogP contribution is -2.37. The zero-order chi connectivity index (χ0) is 24.4. The molecule has 2 heterocycles. The van der Waals surface area contributed by atoms with Crippen molar-refractivity contribution in [1.82, 2.24) is 4.90 Å². The van der Waals surface area contributed by atoms with Gasteiger partial charge in [0.1, 0.15) is 6.04 Å². The molecule has 2 aliphatic heterocycles. The summed E-state index contributed by atoms with van der Waals surface area (Å²) in [6.45, 7) is 2.29. The minimum atomic E-state index is -0.852. The summed E-state index contributed by atoms with van der Waals surface area (Å²) in [5.41, 5.74) is 3.09. The molecule has 0 radical (unpaired) electrons. The second-order valence-corrected chi connectivity index (χ2v) is 8.27. The molecular weight excluding hydrogens is 448 g/mol. The van der Waals surface area contributed by atoms with Crippen LogP contribution < -0.4 is 24.3 Å². The zero-order valence-corrected chi connectivity index (χ0v) is 19.3. The highest BCUT2D eigenvalue weighted by atomic mass is 16.7. The minimum absolute atomic E-state index is 0.145. The summed E-state index contributed by atoms with van der Waals surface area (Å²) < 4.78 is 21.5. The van der Waals surface area contributed by atoms with E-state index in [1.807, 2.05) is 37.3 Å². The van der Waals surface area contributed by atoms with Crippen LogP contribution in [0.4, 0.5) is 5.69 Å². The Hall–Kier alpha value is -4.46. The Bertz CT molecular complexity index is 1300. The third kappa shape index (κ3) is 4.77. The number of nitrogens with zero attached hydrogens (tertiary/aromatic N) is 1. The molecule has 0 saturated heterocycles. The van der Waals surface area contributed by atoms with Gasteiger partial charge in [0.2, 0.25) is 19.5 Å². The van der Waals surface area contributed by atoms with Crippen molar-refractivity contribution < 1.29 is 28.5 Å². The second kappa shape index (κ2) is 9.42. The number of benzene rings is 3. The molecule has 35 heavy (non-hydrogen) atoms. The molecule has 1 atom stereocenters. The van der Waals surface area contributed by atoms with Gasteiger partial charge in [0.05, 0.1) is 0 Å². The van der Waals surface area contributed by atoms with Crippen molar-refractivity contribution in [3.8, 4) is 23.0 Å². The maximum absolute atomic E-state index is 13.4. The second-order valence-electron chi connectivity index (χ2n) is 8.27. The van der Waals surface area contributed by atoms with Crippen molar-refractivity contribution in [3.05, 3.63) is 83.4 Å². The normalized spacial score (nSPS) is 14.1. The van der Waals surface area contributed by atoms with Gasteiger partial charge in [0.15, 0.2) is 23.0 Å². The highest BCUT2D eigenvalue weighted by molar-refractivity contribution is 6.00. The standard InChI is InChI=1S/C27H24N2O6/c1-17-3-7-19(8-4-17)26(27(31)28-20-9-11-22-24(14-20)35-16-33-22)29(2)25(30)12-6-18-5-10-21-23(13-18)34-15-32-21/h3-14,26H,15-16H2,1-2H3,(H,28,31)/b12-6-/t26-/m1/s1. The molecule has 1 N–H and O–H groups in total. The van der Waals surface area contributed by atoms with E-state index in [1.54, 1.807) is 43.5 Å². The number of carbonyl (C=O) groups excluding carboxylic acids is 2. The summed E-state index contributed by atoms with van der Waals surface area (Å²) in [5.74, 6) is 1.82. The van der Waals surface area contributed by atoms with Crippen LogP contribution in [0.25, 0.3) is 6.08 Å². The Morgan fingerprint density at radius 2 is 1.49 bits per heavy atom. The number of fused-ring (bicyclic) bond motifs is 2. The fourth-order valence-electron chi connectivity index (χ4n) is 3.91. The van der Waals surface area contributed by atoms with Crippen LogP contribution in [-0.2, 0) is 9.59 Å². The summed E-state index contributed by atoms with van der Waals surface area (Å²) in [4.78, 5) is 27.9. The number of hydrogen-bond donors (Lipinski definition) is 1. The van der Waals surface area contributed by atoms with Crippen LogP contribution in [0, 0.1) is 6.92 Å². The highest BCUT2D eigenvalue weighted by Crippen LogP contribution is 2.35. The number of rotatable bonds is 6. The van der Waals surface area contributed by atoms with Gasteiger partial charge < -0.3 is 29.2 Å². The Balaban J connectivity index is 1.37. The average Bonchev–Trinajstić information content (AvgIpc) is 3.52. The van der Waals surface area contributed by atoms with Crippen LogP contribution in [0.1, 0.15) is 22.7 Å². The van der Waals surface area contributed by atoms with Crippen LogP contribution in [0.2, 0.25) is 0 Å². The number of amides is 2. The molecule has 0 spiro atoms. The van der Waals surface area contributed by atoms with E-state index >= 15 is 0 Å². The first-order valence-corrected chi connectivity index (χ1v) is 11.1. The third-order valence-electron chi connectivity index (χ3n) is 5.83. The number of carbonyl (C=O) groups is 2. The molecule has 178 valence electrons. The Morgan fingerprint density at radius 1 is 0.857 bits per heavy atom. The van der Waals surface area contributed by atoms with E-state index in [9.17, 15) is 9.59 Å². The van der Waals surface area contributed by atoms with E-state index in [0.717, 1.165) is 11.1 Å². The molecule has 2 aliphatic rings. The zero-order valence-electron chi connectivity index (χ0n) is 19.3. The predicted molar refractivity (Wildman–Crippen MR) is 129 cm³/mol. The van der Waals surface area contributed by atoms with Crippen LogP contribution >= 0.6 is 0 Å². The summed E-state index contributed by atoms with van der Waals surface area (Å²) in [6.07, 6.45) is 3.12. The van der Waals surface area contributed by atoms with Crippen molar-refractivity contribution in [1.29, 1.82) is 0 Å². The topological polar surface area (TPSA) is 86.3 Å². The quantitative estimate of drug-likeness (QED) is 0.539. The number of hydrogen-bond acceptors (Lipinski definition) is 6. The molecule has 5 rings (SSSR count). The van der Waals surface area contributed by atoms with Crippen molar-refractivity contribution >= 4 is 23.6 Å². The first-order chi connectivity index (χ1) is 17.0. The smallest absolute Gasteiger partial charge is 0.251 e. The molecule has 0 aromatic heterocycles. The Labute approximate surface area is 202 Å². The van der Waals surface area contributed by atoms with Crippen LogP contribution in [-0.4, -0.2) is 37.3 Å². The van der Waals surface area contributed by atoms with Crippen LogP contribution in [0.3, 0.4) is 0 Å². The molecule has 2 amide bonds. The molecule has 8 heteroatoms. The Morgan fingerprint density at radius 3 is 2.20 bits per heavy atom. The summed E-state index contributed by atoms with van der Waals surface area (Å²) in [5, 5.41) is 2.90. The van der Waals surface area contributed by atoms with Crippen molar-refractivity contribution in [2.45, 2.75) is 13.0 Å². The van der Waals surface area contributed by atoms with Crippen molar-refractivity contribution in [3.63, 3.8) is 0 Å². The highest BCUT2D eigenvalue weighted by Gasteiger charge is 2.28. The van der Waals surface area contributed by atoms with E-state index in [0.29, 0.717) is 34.2 Å². The first kappa shape index (κ1) is 22.3. The molecular formula is C27H24N2O6. The molecule has 0 aliphatic carbocycles. The molecule has 0 fully saturated rings. The average molecular weight is 472 g/mol. The van der Waals surface area contributed by atoms with Gasteiger partial charge in [-0.1, -0.05) is 35.9 Å². The number of aryl methyl sites for hydroxylation is 1. The SMILES string of the molecule is Cc1ccc([C@H](C(=O)Nc2ccc3c(c2)OCO3)N(C)C(=O)/C=C\c2ccc3c(c2)OCO3)cc1. The maximum Gasteiger partial charge on any atom is 0.251 e. The molecule has 8 nitrogen and oxygen atoms in total. The summed E-state index contributed by atoms with van der Waals surface area (Å²) in [6, 6.07) is 17.3. The first-order valence-electron chi connectivity index (χ1n) is 11.1. The van der Waals surface area contributed by atoms with Gasteiger partial charge in [-0.3, -0.25) is 9.59 Å². The fraction of sp³-hybridized carbons (Fsp3) is 0.185. The van der Waals surface area contributed by atoms with Crippen molar-refractivity contribution in [2.24, 2.45) is 0 Å². The number of anilines is 1. The largest absolute Gasteiger partial charge is 0.454 e. The lowest BCUT2D eigenvalue weighted by molar-refractivity contribution is -0.133. The summed E-state index contributed by atoms with van der Waals surface area (Å²) >= 11 is 0. The van der Waals surface area contributed by atoms with Gasteiger partial charge in [-0.05, 0) is 48.4 Å². The number of likely N-dealkylation sites (N-methyl/N-ethyl adjacent to an activating group) is 1. The monoisotopic (exact) mass is 472 g/mol. The van der Waals surface area contributed by atoms with Gasteiger partial charge in [-0.15, -0.1) is 0 Å². The van der Waals surface area contributed by atoms with Gasteiger partial charge in [-0.2, -0.15) is 0 Å². The van der Waals surface area contributed by atoms with Gasteiger partial charge in [0.25, 0.3) is 5.91 Å². The van der Waals surface area contributed by atoms with E-state index in [2.05, 4.69) is 5.32 Å². The van der Waals surface area contributed by atoms with Crippen LogP contribution in [0.15, 0.2) is 66.7 Å². The number of ether oxygens (including phenoxy) is 4. The lowest BCUT2D eigenvalue weighted by atomic mass is 10.0. The van der Waals surface area contributed by atoms with Gasteiger partial charge in [0, 0.05) is 24.9 Å². The van der Waals surface area contributed by atoms with Gasteiger partial charge >= 0.3 is 0 Å². The van der Waals surface area contributed by atoms with E-state index in [4.69, 9.17) is 18.9 Å². The minimum Gasteiger partial charge on any atom is -0.454 e. The van der Waals surface area contributed by atoms with E-state index in [1.165, 1.54) is 11.0 Å². The maximum atomic E-state index is 13.4. The molecule has 3 aromatic rings. The van der Waals surface area contributed by atoms with Crippen molar-refractivity contribution in [2.75, 3.05) is 26.0 Å². The molecule has 0 bridgehead atoms. The predicted octanol–water partition coefficient (Wildman–Crippen LogP) is 4.30. The molecule has 0 saturated carbocycles. The summed E-state index contributed by atoms with van der Waals surface area (Å²) in [7, 11) is 1.61. The third-order valence-corrected chi connectivity index (χ3v) is 5.83.